The minimum Gasteiger partial charge on any atom is -0.494 e. The zero-order chi connectivity index (χ0) is 12.1. The lowest BCUT2D eigenvalue weighted by molar-refractivity contribution is 0.319. The van der Waals surface area contributed by atoms with Gasteiger partial charge in [-0.2, -0.15) is 0 Å². The number of hydrogen-bond acceptors (Lipinski definition) is 1. The highest BCUT2D eigenvalue weighted by Crippen LogP contribution is 2.24. The third kappa shape index (κ3) is 2.92. The Morgan fingerprint density at radius 1 is 1.18 bits per heavy atom. The summed E-state index contributed by atoms with van der Waals surface area (Å²) in [7, 11) is 0. The van der Waals surface area contributed by atoms with Crippen molar-refractivity contribution in [3.8, 4) is 5.75 Å². The van der Waals surface area contributed by atoms with Crippen molar-refractivity contribution in [2.75, 3.05) is 12.5 Å². The van der Waals surface area contributed by atoms with Crippen molar-refractivity contribution < 1.29 is 4.74 Å². The lowest BCUT2D eigenvalue weighted by atomic mass is 10.0. The number of fused-ring (bicyclic) bond motifs is 1. The number of ether oxygens (including phenoxy) is 1. The predicted molar refractivity (Wildman–Crippen MR) is 73.8 cm³/mol. The smallest absolute Gasteiger partial charge is 0.119 e. The Morgan fingerprint density at radius 3 is 2.82 bits per heavy atom. The fraction of sp³-hybridized carbons (Fsp3) is 0.267. The molecule has 0 saturated carbocycles. The van der Waals surface area contributed by atoms with E-state index in [0.29, 0.717) is 12.5 Å². The zero-order valence-corrected chi connectivity index (χ0v) is 10.5. The summed E-state index contributed by atoms with van der Waals surface area (Å²) in [6.45, 7) is 4.62. The highest BCUT2D eigenvalue weighted by Gasteiger charge is 2.01. The Balaban J connectivity index is 2.28. The molecule has 0 bridgehead atoms. The lowest BCUT2D eigenvalue weighted by Crippen LogP contribution is -1.97. The molecule has 0 N–H and O–H groups in total. The van der Waals surface area contributed by atoms with Gasteiger partial charge < -0.3 is 4.74 Å². The molecule has 0 aliphatic rings. The van der Waals surface area contributed by atoms with Crippen LogP contribution in [0.2, 0.25) is 0 Å². The number of halogens is 1. The van der Waals surface area contributed by atoms with Gasteiger partial charge >= 0.3 is 0 Å². The van der Waals surface area contributed by atoms with Crippen LogP contribution in [-0.2, 0) is 6.42 Å². The maximum absolute atomic E-state index is 5.65. The Bertz CT molecular complexity index is 493. The predicted octanol–water partition coefficient (Wildman–Crippen LogP) is 4.22. The fourth-order valence-electron chi connectivity index (χ4n) is 1.87. The molecule has 89 valence electrons. The molecule has 2 aromatic carbocycles. The van der Waals surface area contributed by atoms with Crippen molar-refractivity contribution in [3.05, 3.63) is 48.9 Å². The summed E-state index contributed by atoms with van der Waals surface area (Å²) in [6, 6.07) is 12.5. The van der Waals surface area contributed by atoms with Crippen LogP contribution in [0.25, 0.3) is 10.8 Å². The molecule has 0 atom stereocenters. The average Bonchev–Trinajstić information content (AvgIpc) is 2.38. The monoisotopic (exact) mass is 247 g/mol. The molecule has 0 aliphatic carbocycles. The van der Waals surface area contributed by atoms with Gasteiger partial charge in [-0.25, -0.2) is 0 Å². The summed E-state index contributed by atoms with van der Waals surface area (Å²) in [5.74, 6) is 1.54. The third-order valence-corrected chi connectivity index (χ3v) is 3.03. The fourth-order valence-corrected chi connectivity index (χ4v) is 1.98. The SMILES string of the molecule is [CH2]Cc1cccc2ccc(OCCCCl)cc12. The van der Waals surface area contributed by atoms with Crippen LogP contribution in [-0.4, -0.2) is 12.5 Å². The first-order chi connectivity index (χ1) is 8.35. The van der Waals surface area contributed by atoms with E-state index >= 15 is 0 Å². The number of rotatable bonds is 5. The van der Waals surface area contributed by atoms with E-state index in [1.807, 2.05) is 6.07 Å². The van der Waals surface area contributed by atoms with Crippen molar-refractivity contribution >= 4 is 22.4 Å². The van der Waals surface area contributed by atoms with Gasteiger partial charge in [0, 0.05) is 5.88 Å². The van der Waals surface area contributed by atoms with E-state index in [0.717, 1.165) is 18.6 Å². The van der Waals surface area contributed by atoms with Crippen molar-refractivity contribution in [2.45, 2.75) is 12.8 Å². The van der Waals surface area contributed by atoms with Crippen LogP contribution in [0.15, 0.2) is 36.4 Å². The van der Waals surface area contributed by atoms with Gasteiger partial charge in [-0.05, 0) is 48.2 Å². The van der Waals surface area contributed by atoms with Crippen molar-refractivity contribution in [1.29, 1.82) is 0 Å². The second-order valence-electron chi connectivity index (χ2n) is 3.94. The first-order valence-corrected chi connectivity index (χ1v) is 6.38. The molecule has 0 unspecified atom stereocenters. The molecule has 2 rings (SSSR count). The van der Waals surface area contributed by atoms with Gasteiger partial charge in [-0.3, -0.25) is 0 Å². The second-order valence-corrected chi connectivity index (χ2v) is 4.32. The molecule has 0 spiro atoms. The summed E-state index contributed by atoms with van der Waals surface area (Å²) in [5.41, 5.74) is 1.25. The highest BCUT2D eigenvalue weighted by atomic mass is 35.5. The molecular formula is C15H16ClO. The summed E-state index contributed by atoms with van der Waals surface area (Å²) in [4.78, 5) is 0. The summed E-state index contributed by atoms with van der Waals surface area (Å²) in [6.07, 6.45) is 1.67. The lowest BCUT2D eigenvalue weighted by Gasteiger charge is -2.08. The van der Waals surface area contributed by atoms with Crippen LogP contribution >= 0.6 is 11.6 Å². The van der Waals surface area contributed by atoms with Crippen molar-refractivity contribution in [1.82, 2.24) is 0 Å². The molecule has 0 aromatic heterocycles. The molecule has 1 nitrogen and oxygen atoms in total. The molecule has 2 heteroatoms. The number of alkyl halides is 1. The molecule has 0 fully saturated rings. The van der Waals surface area contributed by atoms with E-state index in [4.69, 9.17) is 16.3 Å². The van der Waals surface area contributed by atoms with Gasteiger partial charge in [0.25, 0.3) is 0 Å². The van der Waals surface area contributed by atoms with Gasteiger partial charge in [-0.15, -0.1) is 11.6 Å². The molecule has 0 amide bonds. The molecule has 2 aromatic rings. The minimum atomic E-state index is 0.637. The van der Waals surface area contributed by atoms with Crippen molar-refractivity contribution in [2.24, 2.45) is 0 Å². The van der Waals surface area contributed by atoms with Crippen LogP contribution in [0.3, 0.4) is 0 Å². The summed E-state index contributed by atoms with van der Waals surface area (Å²) >= 11 is 5.62. The first kappa shape index (κ1) is 12.3. The van der Waals surface area contributed by atoms with Crippen LogP contribution in [0.5, 0.6) is 5.75 Å². The Morgan fingerprint density at radius 2 is 2.06 bits per heavy atom. The Kier molecular flexibility index (Phi) is 4.27. The van der Waals surface area contributed by atoms with Gasteiger partial charge in [0.05, 0.1) is 6.61 Å². The van der Waals surface area contributed by atoms with E-state index in [-0.39, 0.29) is 0 Å². The molecule has 17 heavy (non-hydrogen) atoms. The topological polar surface area (TPSA) is 9.23 Å². The molecular weight excluding hydrogens is 232 g/mol. The number of hydrogen-bond donors (Lipinski definition) is 0. The van der Waals surface area contributed by atoms with E-state index in [2.05, 4.69) is 37.3 Å². The first-order valence-electron chi connectivity index (χ1n) is 5.85. The Hall–Kier alpha value is -1.21. The summed E-state index contributed by atoms with van der Waals surface area (Å²) < 4.78 is 5.65. The molecule has 0 saturated heterocycles. The maximum Gasteiger partial charge on any atom is 0.119 e. The normalized spacial score (nSPS) is 10.7. The average molecular weight is 248 g/mol. The van der Waals surface area contributed by atoms with E-state index in [9.17, 15) is 0 Å². The molecule has 0 heterocycles. The molecule has 0 aliphatic heterocycles. The quantitative estimate of drug-likeness (QED) is 0.568. The van der Waals surface area contributed by atoms with Crippen LogP contribution < -0.4 is 4.74 Å². The van der Waals surface area contributed by atoms with E-state index in [1.165, 1.54) is 16.3 Å². The zero-order valence-electron chi connectivity index (χ0n) is 9.79. The third-order valence-electron chi connectivity index (χ3n) is 2.76. The largest absolute Gasteiger partial charge is 0.494 e. The van der Waals surface area contributed by atoms with Gasteiger partial charge in [0.2, 0.25) is 0 Å². The highest BCUT2D eigenvalue weighted by molar-refractivity contribution is 6.17. The molecule has 1 radical (unpaired) electrons. The van der Waals surface area contributed by atoms with Crippen LogP contribution in [0, 0.1) is 6.92 Å². The van der Waals surface area contributed by atoms with Gasteiger partial charge in [0.15, 0.2) is 0 Å². The van der Waals surface area contributed by atoms with Crippen molar-refractivity contribution in [3.63, 3.8) is 0 Å². The minimum absolute atomic E-state index is 0.637. The second kappa shape index (κ2) is 5.92. The van der Waals surface area contributed by atoms with Gasteiger partial charge in [-0.1, -0.05) is 24.3 Å². The van der Waals surface area contributed by atoms with Crippen LogP contribution in [0.4, 0.5) is 0 Å². The van der Waals surface area contributed by atoms with E-state index in [1.54, 1.807) is 0 Å². The Labute approximate surface area is 107 Å². The maximum atomic E-state index is 5.65. The summed E-state index contributed by atoms with van der Waals surface area (Å²) in [5, 5.41) is 2.46. The standard InChI is InChI=1S/C15H16ClO/c1-2-12-5-3-6-13-7-8-14(11-15(12)13)17-10-4-9-16/h3,5-8,11H,1-2,4,9-10H2. The van der Waals surface area contributed by atoms with Crippen LogP contribution in [0.1, 0.15) is 12.0 Å². The number of benzene rings is 2. The van der Waals surface area contributed by atoms with Gasteiger partial charge in [0.1, 0.15) is 5.75 Å². The van der Waals surface area contributed by atoms with E-state index < -0.39 is 0 Å².